The van der Waals surface area contributed by atoms with Crippen molar-refractivity contribution in [2.75, 3.05) is 58.3 Å². The van der Waals surface area contributed by atoms with E-state index in [0.717, 1.165) is 55.5 Å². The van der Waals surface area contributed by atoms with E-state index in [1.807, 2.05) is 59.5 Å². The molecule has 332 valence electrons. The molecule has 1 atom stereocenters. The van der Waals surface area contributed by atoms with Gasteiger partial charge < -0.3 is 44.5 Å². The van der Waals surface area contributed by atoms with Crippen molar-refractivity contribution in [3.63, 3.8) is 0 Å². The standard InChI is InChI=1S/C48H54ClN5O9/c1-61-43-27-40(39(49)25-34(43)28-50-29-42(56)37-11-13-41(55)47-38(37)12-14-44(57)52-47)51-48(60)62-30-31-15-23-54(24-16-31)45(58)19-22-53-20-17-35(18-21-53)63-46(59)26-33-9-5-6-10-36(33)32-7-3-2-4-8-32/h2-14,25,27,31,35,42,50,55-56H,15-24,26,28-30H2,1H3,(H,51,60)(H,52,57)/t42-/m0/s1. The highest BCUT2D eigenvalue weighted by Crippen LogP contribution is 2.33. The Labute approximate surface area is 371 Å². The van der Waals surface area contributed by atoms with Crippen LogP contribution >= 0.6 is 11.6 Å². The van der Waals surface area contributed by atoms with Gasteiger partial charge in [-0.3, -0.25) is 19.7 Å². The lowest BCUT2D eigenvalue weighted by Gasteiger charge is -2.34. The number of H-pyrrole nitrogens is 1. The number of aromatic hydroxyl groups is 1. The number of likely N-dealkylation sites (tertiary alicyclic amines) is 2. The number of phenolic OH excluding ortho intramolecular Hbond substituents is 1. The predicted molar refractivity (Wildman–Crippen MR) is 241 cm³/mol. The zero-order valence-electron chi connectivity index (χ0n) is 35.3. The lowest BCUT2D eigenvalue weighted by atomic mass is 9.97. The number of amides is 2. The van der Waals surface area contributed by atoms with Crippen molar-refractivity contribution in [1.29, 1.82) is 0 Å². The fourth-order valence-corrected chi connectivity index (χ4v) is 8.56. The van der Waals surface area contributed by atoms with Gasteiger partial charge in [0.2, 0.25) is 11.5 Å². The molecular formula is C48H54ClN5O9. The number of carbonyl (C=O) groups excluding carboxylic acids is 3. The average molecular weight is 880 g/mol. The number of anilines is 1. The van der Waals surface area contributed by atoms with Crippen LogP contribution in [0.2, 0.25) is 5.02 Å². The fourth-order valence-electron chi connectivity index (χ4n) is 8.33. The van der Waals surface area contributed by atoms with Crippen LogP contribution < -0.4 is 20.9 Å². The molecular weight excluding hydrogens is 826 g/mol. The molecule has 2 amide bonds. The number of ether oxygens (including phenoxy) is 3. The molecule has 0 unspecified atom stereocenters. The molecule has 14 nitrogen and oxygen atoms in total. The summed E-state index contributed by atoms with van der Waals surface area (Å²) >= 11 is 6.56. The fraction of sp³-hybridized carbons (Fsp3) is 0.375. The van der Waals surface area contributed by atoms with Crippen LogP contribution in [0.3, 0.4) is 0 Å². The number of aromatic amines is 1. The van der Waals surface area contributed by atoms with Gasteiger partial charge in [0, 0.05) is 75.3 Å². The van der Waals surface area contributed by atoms with Crippen LogP contribution in [-0.2, 0) is 32.0 Å². The zero-order chi connectivity index (χ0) is 44.3. The first-order valence-electron chi connectivity index (χ1n) is 21.4. The minimum atomic E-state index is -0.953. The smallest absolute Gasteiger partial charge is 0.411 e. The SMILES string of the molecule is COc1cc(NC(=O)OCC2CCN(C(=O)CCN3CCC(OC(=O)Cc4ccccc4-c4ccccc4)CC3)CC2)c(Cl)cc1CNC[C@H](O)c1ccc(O)c2[nH]c(=O)ccc12. The third kappa shape index (κ3) is 12.0. The summed E-state index contributed by atoms with van der Waals surface area (Å²) in [6.07, 6.45) is 1.83. The highest BCUT2D eigenvalue weighted by molar-refractivity contribution is 6.33. The summed E-state index contributed by atoms with van der Waals surface area (Å²) in [5.74, 6) is 0.380. The van der Waals surface area contributed by atoms with Gasteiger partial charge in [-0.05, 0) is 72.1 Å². The number of rotatable bonds is 16. The number of aromatic nitrogens is 1. The minimum Gasteiger partial charge on any atom is -0.506 e. The Morgan fingerprint density at radius 2 is 1.65 bits per heavy atom. The number of pyridine rings is 1. The molecule has 2 aliphatic rings. The maximum atomic E-state index is 13.1. The third-order valence-corrected chi connectivity index (χ3v) is 12.2. The first kappa shape index (κ1) is 45.1. The highest BCUT2D eigenvalue weighted by Gasteiger charge is 2.27. The number of hydrogen-bond donors (Lipinski definition) is 5. The van der Waals surface area contributed by atoms with Crippen LogP contribution in [0.1, 0.15) is 54.9 Å². The van der Waals surface area contributed by atoms with E-state index in [4.69, 9.17) is 25.8 Å². The van der Waals surface area contributed by atoms with Crippen LogP contribution in [-0.4, -0.2) is 102 Å². The lowest BCUT2D eigenvalue weighted by molar-refractivity contribution is -0.150. The number of phenols is 1. The van der Waals surface area contributed by atoms with E-state index in [0.29, 0.717) is 54.0 Å². The van der Waals surface area contributed by atoms with E-state index in [1.54, 1.807) is 24.3 Å². The van der Waals surface area contributed by atoms with Gasteiger partial charge >= 0.3 is 12.1 Å². The molecule has 0 spiro atoms. The van der Waals surface area contributed by atoms with Gasteiger partial charge in [0.1, 0.15) is 17.6 Å². The molecule has 2 aliphatic heterocycles. The Balaban J connectivity index is 0.780. The van der Waals surface area contributed by atoms with Crippen molar-refractivity contribution in [3.05, 3.63) is 123 Å². The summed E-state index contributed by atoms with van der Waals surface area (Å²) in [5, 5.41) is 27.8. The number of piperidine rings is 2. The molecule has 63 heavy (non-hydrogen) atoms. The molecule has 5 aromatic rings. The number of hydrogen-bond acceptors (Lipinski definition) is 11. The lowest BCUT2D eigenvalue weighted by Crippen LogP contribution is -2.43. The molecule has 2 saturated heterocycles. The summed E-state index contributed by atoms with van der Waals surface area (Å²) in [6, 6.07) is 27.2. The topological polar surface area (TPSA) is 183 Å². The monoisotopic (exact) mass is 879 g/mol. The molecule has 7 rings (SSSR count). The Morgan fingerprint density at radius 1 is 0.905 bits per heavy atom. The Kier molecular flexibility index (Phi) is 15.3. The summed E-state index contributed by atoms with van der Waals surface area (Å²) in [5.41, 5.74) is 4.49. The number of carbonyl (C=O) groups is 3. The van der Waals surface area contributed by atoms with Gasteiger partial charge in [-0.1, -0.05) is 72.3 Å². The second kappa shape index (κ2) is 21.4. The van der Waals surface area contributed by atoms with E-state index < -0.39 is 12.2 Å². The number of methoxy groups -OCH3 is 1. The summed E-state index contributed by atoms with van der Waals surface area (Å²) in [7, 11) is 1.50. The molecule has 4 aromatic carbocycles. The number of fused-ring (bicyclic) bond motifs is 1. The van der Waals surface area contributed by atoms with Crippen molar-refractivity contribution in [2.45, 2.75) is 57.3 Å². The molecule has 5 N–H and O–H groups in total. The van der Waals surface area contributed by atoms with Gasteiger partial charge in [0.25, 0.3) is 0 Å². The zero-order valence-corrected chi connectivity index (χ0v) is 36.1. The largest absolute Gasteiger partial charge is 0.506 e. The molecule has 2 fully saturated rings. The average Bonchev–Trinajstić information content (AvgIpc) is 3.29. The van der Waals surface area contributed by atoms with E-state index >= 15 is 0 Å². The number of esters is 1. The second-order valence-electron chi connectivity index (χ2n) is 16.1. The summed E-state index contributed by atoms with van der Waals surface area (Å²) in [6.45, 7) is 4.03. The molecule has 0 aliphatic carbocycles. The van der Waals surface area contributed by atoms with E-state index in [9.17, 15) is 29.4 Å². The molecule has 0 bridgehead atoms. The Hall–Kier alpha value is -5.93. The molecule has 15 heteroatoms. The second-order valence-corrected chi connectivity index (χ2v) is 16.5. The number of aliphatic hydroxyl groups is 1. The van der Waals surface area contributed by atoms with Gasteiger partial charge in [0.15, 0.2) is 0 Å². The Bertz CT molecular complexity index is 2430. The summed E-state index contributed by atoms with van der Waals surface area (Å²) in [4.78, 5) is 57.4. The highest BCUT2D eigenvalue weighted by atomic mass is 35.5. The van der Waals surface area contributed by atoms with Crippen LogP contribution in [0.25, 0.3) is 22.0 Å². The quantitative estimate of drug-likeness (QED) is 0.0657. The number of nitrogens with zero attached hydrogens (tertiary/aromatic N) is 2. The number of benzene rings is 4. The first-order chi connectivity index (χ1) is 30.5. The van der Waals surface area contributed by atoms with Crippen LogP contribution in [0, 0.1) is 5.92 Å². The third-order valence-electron chi connectivity index (χ3n) is 11.9. The van der Waals surface area contributed by atoms with E-state index in [2.05, 4.69) is 20.5 Å². The van der Waals surface area contributed by atoms with E-state index in [-0.39, 0.29) is 71.9 Å². The van der Waals surface area contributed by atoms with Crippen molar-refractivity contribution in [3.8, 4) is 22.6 Å². The number of nitrogens with one attached hydrogen (secondary N) is 3. The summed E-state index contributed by atoms with van der Waals surface area (Å²) < 4.78 is 17.0. The predicted octanol–water partition coefficient (Wildman–Crippen LogP) is 6.81. The maximum Gasteiger partial charge on any atom is 0.411 e. The van der Waals surface area contributed by atoms with Gasteiger partial charge in [-0.2, -0.15) is 0 Å². The van der Waals surface area contributed by atoms with Gasteiger partial charge in [-0.25, -0.2) is 4.79 Å². The van der Waals surface area contributed by atoms with Gasteiger partial charge in [-0.15, -0.1) is 0 Å². The van der Waals surface area contributed by atoms with Crippen molar-refractivity contribution < 1.29 is 38.8 Å². The maximum absolute atomic E-state index is 13.1. The number of aliphatic hydroxyl groups excluding tert-OH is 1. The van der Waals surface area contributed by atoms with Crippen molar-refractivity contribution >= 4 is 46.2 Å². The first-order valence-corrected chi connectivity index (χ1v) is 21.8. The number of halogens is 1. The van der Waals surface area contributed by atoms with Crippen LogP contribution in [0.15, 0.2) is 95.8 Å². The van der Waals surface area contributed by atoms with Crippen LogP contribution in [0.5, 0.6) is 11.5 Å². The molecule has 1 aromatic heterocycles. The molecule has 0 saturated carbocycles. The normalized spacial score (nSPS) is 15.5. The van der Waals surface area contributed by atoms with Crippen LogP contribution in [0.4, 0.5) is 10.5 Å². The Morgan fingerprint density at radius 3 is 2.41 bits per heavy atom. The molecule has 3 heterocycles. The van der Waals surface area contributed by atoms with Gasteiger partial charge in [0.05, 0.1) is 42.5 Å². The molecule has 0 radical (unpaired) electrons. The minimum absolute atomic E-state index is 0.0885. The van der Waals surface area contributed by atoms with Crippen molar-refractivity contribution in [1.82, 2.24) is 20.1 Å². The van der Waals surface area contributed by atoms with Crippen molar-refractivity contribution in [2.24, 2.45) is 5.92 Å². The van der Waals surface area contributed by atoms with E-state index in [1.165, 1.54) is 19.2 Å².